The Morgan fingerprint density at radius 1 is 0.794 bits per heavy atom. The van der Waals surface area contributed by atoms with Gasteiger partial charge in [-0.3, -0.25) is 4.79 Å². The number of benzene rings is 3. The number of ketones is 1. The van der Waals surface area contributed by atoms with E-state index in [1.54, 1.807) is 37.4 Å². The van der Waals surface area contributed by atoms with Crippen molar-refractivity contribution in [2.45, 2.75) is 6.92 Å². The van der Waals surface area contributed by atoms with Crippen molar-refractivity contribution in [1.82, 2.24) is 0 Å². The van der Waals surface area contributed by atoms with E-state index in [0.29, 0.717) is 49.8 Å². The molecule has 0 saturated carbocycles. The summed E-state index contributed by atoms with van der Waals surface area (Å²) < 4.78 is 27.7. The Bertz CT molecular complexity index is 1380. The highest BCUT2D eigenvalue weighted by molar-refractivity contribution is 6.36. The van der Waals surface area contributed by atoms with E-state index in [1.165, 1.54) is 21.3 Å². The lowest BCUT2D eigenvalue weighted by molar-refractivity contribution is 0.101. The van der Waals surface area contributed by atoms with E-state index in [1.807, 2.05) is 19.1 Å². The third kappa shape index (κ3) is 4.04. The van der Waals surface area contributed by atoms with Crippen LogP contribution in [0.2, 0.25) is 10.0 Å². The molecule has 4 aromatic rings. The number of methoxy groups -OCH3 is 4. The van der Waals surface area contributed by atoms with Gasteiger partial charge in [-0.05, 0) is 37.3 Å². The standard InChI is InChI=1S/C26H22Cl2O6/c1-13-17-11-18(16-7-6-15(27)10-19(16)28)20(30-2)12-21(17)34-25(13)24(29)14-8-22(31-3)26(33-5)23(9-14)32-4/h6-12H,1-5H3. The van der Waals surface area contributed by atoms with E-state index < -0.39 is 0 Å². The monoisotopic (exact) mass is 500 g/mol. The molecular weight excluding hydrogens is 479 g/mol. The number of rotatable bonds is 7. The first-order valence-corrected chi connectivity index (χ1v) is 11.0. The minimum absolute atomic E-state index is 0.200. The molecule has 0 aliphatic rings. The van der Waals surface area contributed by atoms with Gasteiger partial charge in [0.05, 0.1) is 33.5 Å². The summed E-state index contributed by atoms with van der Waals surface area (Å²) in [5, 5.41) is 1.78. The molecule has 8 heteroatoms. The number of fused-ring (bicyclic) bond motifs is 1. The fraction of sp³-hybridized carbons (Fsp3) is 0.192. The smallest absolute Gasteiger partial charge is 0.228 e. The van der Waals surface area contributed by atoms with Gasteiger partial charge in [0.2, 0.25) is 11.5 Å². The lowest BCUT2D eigenvalue weighted by Crippen LogP contribution is -2.04. The fourth-order valence-electron chi connectivity index (χ4n) is 3.89. The summed E-state index contributed by atoms with van der Waals surface area (Å²) in [6, 6.07) is 12.1. The lowest BCUT2D eigenvalue weighted by Gasteiger charge is -2.13. The predicted octanol–water partition coefficient (Wildman–Crippen LogP) is 6.98. The van der Waals surface area contributed by atoms with Gasteiger partial charge >= 0.3 is 0 Å². The van der Waals surface area contributed by atoms with Crippen molar-refractivity contribution < 1.29 is 28.2 Å². The van der Waals surface area contributed by atoms with Gasteiger partial charge in [-0.25, -0.2) is 0 Å². The molecule has 0 fully saturated rings. The first-order valence-electron chi connectivity index (χ1n) is 10.2. The normalized spacial score (nSPS) is 10.9. The Balaban J connectivity index is 1.87. The van der Waals surface area contributed by atoms with Crippen LogP contribution in [0.25, 0.3) is 22.1 Å². The van der Waals surface area contributed by atoms with Gasteiger partial charge < -0.3 is 23.4 Å². The van der Waals surface area contributed by atoms with Crippen molar-refractivity contribution >= 4 is 40.0 Å². The van der Waals surface area contributed by atoms with Gasteiger partial charge in [-0.2, -0.15) is 0 Å². The Kier molecular flexibility index (Phi) is 6.64. The molecule has 0 unspecified atom stereocenters. The van der Waals surface area contributed by atoms with Gasteiger partial charge in [0.1, 0.15) is 11.3 Å². The maximum absolute atomic E-state index is 13.5. The zero-order valence-electron chi connectivity index (χ0n) is 19.2. The van der Waals surface area contributed by atoms with E-state index in [0.717, 1.165) is 16.5 Å². The van der Waals surface area contributed by atoms with E-state index in [-0.39, 0.29) is 11.5 Å². The second-order valence-electron chi connectivity index (χ2n) is 7.47. The van der Waals surface area contributed by atoms with Crippen LogP contribution in [0.15, 0.2) is 46.9 Å². The average molecular weight is 501 g/mol. The number of aryl methyl sites for hydroxylation is 1. The molecule has 0 spiro atoms. The van der Waals surface area contributed by atoms with Crippen molar-refractivity contribution in [3.63, 3.8) is 0 Å². The van der Waals surface area contributed by atoms with Gasteiger partial charge in [0.25, 0.3) is 0 Å². The van der Waals surface area contributed by atoms with Crippen LogP contribution in [0, 0.1) is 6.92 Å². The van der Waals surface area contributed by atoms with Gasteiger partial charge in [0.15, 0.2) is 17.3 Å². The molecule has 0 aliphatic carbocycles. The third-order valence-electron chi connectivity index (χ3n) is 5.61. The van der Waals surface area contributed by atoms with Crippen LogP contribution in [0.5, 0.6) is 23.0 Å². The van der Waals surface area contributed by atoms with Crippen molar-refractivity contribution in [3.05, 3.63) is 69.4 Å². The molecule has 0 atom stereocenters. The minimum atomic E-state index is -0.321. The van der Waals surface area contributed by atoms with Crippen LogP contribution in [-0.2, 0) is 0 Å². The Labute approximate surface area is 206 Å². The minimum Gasteiger partial charge on any atom is -0.496 e. The zero-order valence-corrected chi connectivity index (χ0v) is 20.8. The number of ether oxygens (including phenoxy) is 4. The van der Waals surface area contributed by atoms with E-state index in [2.05, 4.69) is 0 Å². The molecule has 0 N–H and O–H groups in total. The molecule has 1 aromatic heterocycles. The molecule has 0 amide bonds. The number of furan rings is 1. The molecule has 6 nitrogen and oxygen atoms in total. The molecule has 176 valence electrons. The maximum Gasteiger partial charge on any atom is 0.228 e. The highest BCUT2D eigenvalue weighted by Gasteiger charge is 2.24. The fourth-order valence-corrected chi connectivity index (χ4v) is 4.40. The molecule has 0 radical (unpaired) electrons. The maximum atomic E-state index is 13.5. The molecule has 3 aromatic carbocycles. The summed E-state index contributed by atoms with van der Waals surface area (Å²) in [5.41, 5.74) is 3.04. The topological polar surface area (TPSA) is 67.1 Å². The third-order valence-corrected chi connectivity index (χ3v) is 6.16. The predicted molar refractivity (Wildman–Crippen MR) is 132 cm³/mol. The molecule has 0 bridgehead atoms. The largest absolute Gasteiger partial charge is 0.496 e. The Hall–Kier alpha value is -3.35. The van der Waals surface area contributed by atoms with Crippen LogP contribution >= 0.6 is 23.2 Å². The molecule has 0 aliphatic heterocycles. The molecule has 4 rings (SSSR count). The zero-order chi connectivity index (χ0) is 24.6. The number of hydrogen-bond acceptors (Lipinski definition) is 6. The van der Waals surface area contributed by atoms with Crippen molar-refractivity contribution in [2.24, 2.45) is 0 Å². The molecule has 1 heterocycles. The average Bonchev–Trinajstić information content (AvgIpc) is 3.17. The van der Waals surface area contributed by atoms with E-state index in [9.17, 15) is 4.79 Å². The number of carbonyl (C=O) groups excluding carboxylic acids is 1. The lowest BCUT2D eigenvalue weighted by atomic mass is 9.99. The second kappa shape index (κ2) is 9.49. The molecular formula is C26H22Cl2O6. The van der Waals surface area contributed by atoms with Crippen LogP contribution in [0.3, 0.4) is 0 Å². The van der Waals surface area contributed by atoms with E-state index in [4.69, 9.17) is 46.6 Å². The Morgan fingerprint density at radius 3 is 2.00 bits per heavy atom. The summed E-state index contributed by atoms with van der Waals surface area (Å²) in [4.78, 5) is 13.5. The highest BCUT2D eigenvalue weighted by atomic mass is 35.5. The summed E-state index contributed by atoms with van der Waals surface area (Å²) in [7, 11) is 6.05. The number of hydrogen-bond donors (Lipinski definition) is 0. The van der Waals surface area contributed by atoms with Crippen LogP contribution in [0.1, 0.15) is 21.7 Å². The van der Waals surface area contributed by atoms with Gasteiger partial charge in [-0.15, -0.1) is 0 Å². The summed E-state index contributed by atoms with van der Waals surface area (Å²) >= 11 is 12.5. The van der Waals surface area contributed by atoms with Gasteiger partial charge in [0, 0.05) is 38.7 Å². The summed E-state index contributed by atoms with van der Waals surface area (Å²) in [6.07, 6.45) is 0. The van der Waals surface area contributed by atoms with Crippen LogP contribution in [0.4, 0.5) is 0 Å². The molecule has 0 saturated heterocycles. The van der Waals surface area contributed by atoms with E-state index >= 15 is 0 Å². The number of carbonyl (C=O) groups is 1. The van der Waals surface area contributed by atoms with Crippen LogP contribution in [-0.4, -0.2) is 34.2 Å². The second-order valence-corrected chi connectivity index (χ2v) is 8.32. The molecule has 34 heavy (non-hydrogen) atoms. The number of halogens is 2. The van der Waals surface area contributed by atoms with Crippen molar-refractivity contribution in [2.75, 3.05) is 28.4 Å². The van der Waals surface area contributed by atoms with Gasteiger partial charge in [-0.1, -0.05) is 29.3 Å². The summed E-state index contributed by atoms with van der Waals surface area (Å²) in [6.45, 7) is 1.83. The highest BCUT2D eigenvalue weighted by Crippen LogP contribution is 2.42. The van der Waals surface area contributed by atoms with Crippen LogP contribution < -0.4 is 18.9 Å². The first kappa shape index (κ1) is 23.8. The van der Waals surface area contributed by atoms with Crippen molar-refractivity contribution in [3.8, 4) is 34.1 Å². The first-order chi connectivity index (χ1) is 16.3. The summed E-state index contributed by atoms with van der Waals surface area (Å²) in [5.74, 6) is 1.58. The Morgan fingerprint density at radius 2 is 1.44 bits per heavy atom. The SMILES string of the molecule is COc1cc2oc(C(=O)c3cc(OC)c(OC)c(OC)c3)c(C)c2cc1-c1ccc(Cl)cc1Cl. The quantitative estimate of drug-likeness (QED) is 0.255. The van der Waals surface area contributed by atoms with Crippen molar-refractivity contribution in [1.29, 1.82) is 0 Å².